The van der Waals surface area contributed by atoms with Crippen LogP contribution in [0.4, 0.5) is 0 Å². The molecule has 1 aromatic rings. The van der Waals surface area contributed by atoms with Crippen molar-refractivity contribution in [3.63, 3.8) is 0 Å². The number of Topliss-reactive ketones (excluding diaryl/α,β-unsaturated/α-hetero) is 1. The SMILES string of the molecule is O=C(CN1CCCC1CO)c1ccc(Cl)c(Cl)c1. The average molecular weight is 288 g/mol. The van der Waals surface area contributed by atoms with Crippen LogP contribution in [0.1, 0.15) is 23.2 Å². The molecule has 0 amide bonds. The van der Waals surface area contributed by atoms with E-state index in [9.17, 15) is 9.90 Å². The van der Waals surface area contributed by atoms with Crippen LogP contribution in [0.3, 0.4) is 0 Å². The lowest BCUT2D eigenvalue weighted by atomic mass is 10.1. The molecule has 98 valence electrons. The molecule has 2 rings (SSSR count). The van der Waals surface area contributed by atoms with Crippen LogP contribution in [0.15, 0.2) is 18.2 Å². The number of hydrogen-bond acceptors (Lipinski definition) is 3. The largest absolute Gasteiger partial charge is 0.395 e. The van der Waals surface area contributed by atoms with E-state index in [-0.39, 0.29) is 18.4 Å². The molecule has 0 bridgehead atoms. The van der Waals surface area contributed by atoms with Crippen LogP contribution in [0.2, 0.25) is 10.0 Å². The summed E-state index contributed by atoms with van der Waals surface area (Å²) in [4.78, 5) is 14.1. The molecule has 1 heterocycles. The number of halogens is 2. The lowest BCUT2D eigenvalue weighted by Crippen LogP contribution is -2.36. The molecular formula is C13H15Cl2NO2. The lowest BCUT2D eigenvalue weighted by molar-refractivity contribution is 0.0888. The molecule has 0 aromatic heterocycles. The predicted molar refractivity (Wildman–Crippen MR) is 72.5 cm³/mol. The topological polar surface area (TPSA) is 40.5 Å². The molecule has 0 spiro atoms. The second-order valence-corrected chi connectivity index (χ2v) is 5.32. The zero-order valence-electron chi connectivity index (χ0n) is 9.90. The average Bonchev–Trinajstić information content (AvgIpc) is 2.79. The number of hydrogen-bond donors (Lipinski definition) is 1. The van der Waals surface area contributed by atoms with Gasteiger partial charge in [-0.15, -0.1) is 0 Å². The van der Waals surface area contributed by atoms with Crippen molar-refractivity contribution in [2.45, 2.75) is 18.9 Å². The van der Waals surface area contributed by atoms with Gasteiger partial charge < -0.3 is 5.11 Å². The summed E-state index contributed by atoms with van der Waals surface area (Å²) in [5, 5.41) is 10.0. The minimum atomic E-state index is 0.00826. The summed E-state index contributed by atoms with van der Waals surface area (Å²) in [7, 11) is 0. The smallest absolute Gasteiger partial charge is 0.176 e. The van der Waals surface area contributed by atoms with E-state index < -0.39 is 0 Å². The van der Waals surface area contributed by atoms with Gasteiger partial charge >= 0.3 is 0 Å². The molecule has 3 nitrogen and oxygen atoms in total. The second-order valence-electron chi connectivity index (χ2n) is 4.50. The van der Waals surface area contributed by atoms with Gasteiger partial charge in [0.05, 0.1) is 23.2 Å². The molecule has 18 heavy (non-hydrogen) atoms. The molecule has 1 atom stereocenters. The number of ketones is 1. The van der Waals surface area contributed by atoms with E-state index in [4.69, 9.17) is 23.2 Å². The molecule has 5 heteroatoms. The fraction of sp³-hybridized carbons (Fsp3) is 0.462. The Hall–Kier alpha value is -0.610. The first kappa shape index (κ1) is 13.8. The number of likely N-dealkylation sites (tertiary alicyclic amines) is 1. The Morgan fingerprint density at radius 3 is 2.83 bits per heavy atom. The highest BCUT2D eigenvalue weighted by Gasteiger charge is 2.25. The van der Waals surface area contributed by atoms with Crippen LogP contribution in [0.25, 0.3) is 0 Å². The van der Waals surface area contributed by atoms with E-state index in [2.05, 4.69) is 0 Å². The van der Waals surface area contributed by atoms with Crippen molar-refractivity contribution in [1.29, 1.82) is 0 Å². The molecule has 1 fully saturated rings. The molecule has 0 aliphatic carbocycles. The Labute approximate surface area is 116 Å². The van der Waals surface area contributed by atoms with Gasteiger partial charge in [0.2, 0.25) is 0 Å². The fourth-order valence-corrected chi connectivity index (χ4v) is 2.55. The van der Waals surface area contributed by atoms with E-state index in [0.29, 0.717) is 22.2 Å². The normalized spacial score (nSPS) is 20.3. The van der Waals surface area contributed by atoms with E-state index in [1.54, 1.807) is 18.2 Å². The molecular weight excluding hydrogens is 273 g/mol. The van der Waals surface area contributed by atoms with Crippen molar-refractivity contribution in [1.82, 2.24) is 4.90 Å². The van der Waals surface area contributed by atoms with E-state index in [1.165, 1.54) is 0 Å². The Bertz CT molecular complexity index is 451. The summed E-state index contributed by atoms with van der Waals surface area (Å²) >= 11 is 11.7. The zero-order valence-corrected chi connectivity index (χ0v) is 11.4. The third-order valence-corrected chi connectivity index (χ3v) is 4.04. The standard InChI is InChI=1S/C13H15Cl2NO2/c14-11-4-3-9(6-12(11)15)13(18)7-16-5-1-2-10(16)8-17/h3-4,6,10,17H,1-2,5,7-8H2. The van der Waals surface area contributed by atoms with Gasteiger partial charge in [-0.05, 0) is 37.6 Å². The van der Waals surface area contributed by atoms with Crippen molar-refractivity contribution in [3.05, 3.63) is 33.8 Å². The molecule has 1 aliphatic heterocycles. The van der Waals surface area contributed by atoms with Gasteiger partial charge in [-0.3, -0.25) is 9.69 Å². The van der Waals surface area contributed by atoms with E-state index >= 15 is 0 Å². The first-order valence-corrected chi connectivity index (χ1v) is 6.70. The van der Waals surface area contributed by atoms with Crippen LogP contribution < -0.4 is 0 Å². The third kappa shape index (κ3) is 3.04. The lowest BCUT2D eigenvalue weighted by Gasteiger charge is -2.21. The Morgan fingerprint density at radius 1 is 1.39 bits per heavy atom. The number of aliphatic hydroxyl groups is 1. The maximum Gasteiger partial charge on any atom is 0.176 e. The molecule has 1 aromatic carbocycles. The summed E-state index contributed by atoms with van der Waals surface area (Å²) < 4.78 is 0. The quantitative estimate of drug-likeness (QED) is 0.866. The van der Waals surface area contributed by atoms with Gasteiger partial charge in [0.25, 0.3) is 0 Å². The van der Waals surface area contributed by atoms with Gasteiger partial charge in [0, 0.05) is 11.6 Å². The zero-order chi connectivity index (χ0) is 13.1. The molecule has 0 saturated carbocycles. The summed E-state index contributed by atoms with van der Waals surface area (Å²) in [5.41, 5.74) is 0.563. The van der Waals surface area contributed by atoms with Crippen molar-refractivity contribution < 1.29 is 9.90 Å². The van der Waals surface area contributed by atoms with Crippen LogP contribution in [-0.4, -0.2) is 41.5 Å². The van der Waals surface area contributed by atoms with Crippen LogP contribution >= 0.6 is 23.2 Å². The van der Waals surface area contributed by atoms with Crippen LogP contribution in [0, 0.1) is 0 Å². The number of benzene rings is 1. The maximum atomic E-state index is 12.1. The Morgan fingerprint density at radius 2 is 2.17 bits per heavy atom. The summed E-state index contributed by atoms with van der Waals surface area (Å²) in [5.74, 6) is 0.00826. The van der Waals surface area contributed by atoms with Crippen LogP contribution in [-0.2, 0) is 0 Å². The van der Waals surface area contributed by atoms with Gasteiger partial charge in [0.15, 0.2) is 5.78 Å². The minimum Gasteiger partial charge on any atom is -0.395 e. The van der Waals surface area contributed by atoms with Gasteiger partial charge in [-0.25, -0.2) is 0 Å². The highest BCUT2D eigenvalue weighted by atomic mass is 35.5. The van der Waals surface area contributed by atoms with Gasteiger partial charge in [-0.1, -0.05) is 23.2 Å². The second kappa shape index (κ2) is 6.02. The van der Waals surface area contributed by atoms with Crippen molar-refractivity contribution in [2.75, 3.05) is 19.7 Å². The number of carbonyl (C=O) groups is 1. The minimum absolute atomic E-state index is 0.00826. The molecule has 1 N–H and O–H groups in total. The molecule has 1 saturated heterocycles. The van der Waals surface area contributed by atoms with Gasteiger partial charge in [-0.2, -0.15) is 0 Å². The number of rotatable bonds is 4. The summed E-state index contributed by atoms with van der Waals surface area (Å²) in [6, 6.07) is 5.01. The van der Waals surface area contributed by atoms with E-state index in [0.717, 1.165) is 19.4 Å². The van der Waals surface area contributed by atoms with Crippen molar-refractivity contribution in [3.8, 4) is 0 Å². The summed E-state index contributed by atoms with van der Waals surface area (Å²) in [6.07, 6.45) is 1.98. The van der Waals surface area contributed by atoms with Crippen molar-refractivity contribution in [2.24, 2.45) is 0 Å². The van der Waals surface area contributed by atoms with Crippen LogP contribution in [0.5, 0.6) is 0 Å². The third-order valence-electron chi connectivity index (χ3n) is 3.30. The fourth-order valence-electron chi connectivity index (χ4n) is 2.26. The number of aliphatic hydroxyl groups excluding tert-OH is 1. The summed E-state index contributed by atoms with van der Waals surface area (Å²) in [6.45, 7) is 1.29. The predicted octanol–water partition coefficient (Wildman–Crippen LogP) is 2.63. The van der Waals surface area contributed by atoms with E-state index in [1.807, 2.05) is 4.90 Å². The monoisotopic (exact) mass is 287 g/mol. The highest BCUT2D eigenvalue weighted by molar-refractivity contribution is 6.42. The highest BCUT2D eigenvalue weighted by Crippen LogP contribution is 2.23. The molecule has 0 radical (unpaired) electrons. The van der Waals surface area contributed by atoms with Gasteiger partial charge in [0.1, 0.15) is 0 Å². The molecule has 1 unspecified atom stereocenters. The first-order valence-electron chi connectivity index (χ1n) is 5.95. The first-order chi connectivity index (χ1) is 8.61. The molecule has 1 aliphatic rings. The Kier molecular flexibility index (Phi) is 4.62. The maximum absolute atomic E-state index is 12.1. The van der Waals surface area contributed by atoms with Crippen molar-refractivity contribution >= 4 is 29.0 Å². The number of nitrogens with zero attached hydrogens (tertiary/aromatic N) is 1. The Balaban J connectivity index is 2.05. The number of carbonyl (C=O) groups excluding carboxylic acids is 1.